The maximum atomic E-state index is 12.9. The summed E-state index contributed by atoms with van der Waals surface area (Å²) in [6.45, 7) is 1.72. The van der Waals surface area contributed by atoms with Crippen molar-refractivity contribution >= 4 is 16.7 Å². The van der Waals surface area contributed by atoms with Gasteiger partial charge in [-0.3, -0.25) is 4.79 Å². The minimum atomic E-state index is 0.0811. The smallest absolute Gasteiger partial charge is 0.253 e. The molecule has 1 aliphatic rings. The lowest BCUT2D eigenvalue weighted by Crippen LogP contribution is -2.28. The topological polar surface area (TPSA) is 40.5 Å². The number of amides is 1. The second kappa shape index (κ2) is 7.30. The lowest BCUT2D eigenvalue weighted by molar-refractivity contribution is 0.0787. The standard InChI is InChI=1S/C23H23NO2/c25-16-18-7-5-17(6-8-18)13-19-11-12-24(15-19)23(26)22-10-9-20-3-1-2-4-21(20)14-22/h1-10,14,19,25H,11-13,15-16H2/t19-/m1/s1. The molecule has 4 rings (SSSR count). The van der Waals surface area contributed by atoms with Gasteiger partial charge in [-0.2, -0.15) is 0 Å². The highest BCUT2D eigenvalue weighted by atomic mass is 16.3. The van der Waals surface area contributed by atoms with E-state index in [0.29, 0.717) is 5.92 Å². The Morgan fingerprint density at radius 1 is 0.962 bits per heavy atom. The van der Waals surface area contributed by atoms with Crippen molar-refractivity contribution in [2.24, 2.45) is 5.92 Å². The number of carbonyl (C=O) groups is 1. The molecule has 0 saturated carbocycles. The summed E-state index contributed by atoms with van der Waals surface area (Å²) in [7, 11) is 0. The Bertz CT molecular complexity index is 917. The van der Waals surface area contributed by atoms with Crippen LogP contribution in [0.15, 0.2) is 66.7 Å². The zero-order valence-electron chi connectivity index (χ0n) is 14.8. The third kappa shape index (κ3) is 3.49. The van der Waals surface area contributed by atoms with Crippen molar-refractivity contribution < 1.29 is 9.90 Å². The Labute approximate surface area is 153 Å². The van der Waals surface area contributed by atoms with E-state index in [1.807, 2.05) is 47.4 Å². The molecule has 26 heavy (non-hydrogen) atoms. The van der Waals surface area contributed by atoms with Crippen LogP contribution in [0.5, 0.6) is 0 Å². The van der Waals surface area contributed by atoms with Gasteiger partial charge in [-0.15, -0.1) is 0 Å². The quantitative estimate of drug-likeness (QED) is 0.775. The molecule has 3 heteroatoms. The Morgan fingerprint density at radius 3 is 2.46 bits per heavy atom. The molecule has 1 saturated heterocycles. The van der Waals surface area contributed by atoms with E-state index >= 15 is 0 Å². The van der Waals surface area contributed by atoms with E-state index in [0.717, 1.165) is 47.8 Å². The normalized spacial score (nSPS) is 17.0. The molecule has 3 aromatic rings. The predicted octanol–water partition coefficient (Wildman–Crippen LogP) is 4.04. The van der Waals surface area contributed by atoms with Crippen LogP contribution in [0.1, 0.15) is 27.9 Å². The number of carbonyl (C=O) groups excluding carboxylic acids is 1. The van der Waals surface area contributed by atoms with E-state index in [1.54, 1.807) is 0 Å². The summed E-state index contributed by atoms with van der Waals surface area (Å²) in [5.74, 6) is 0.633. The second-order valence-electron chi connectivity index (χ2n) is 7.15. The summed E-state index contributed by atoms with van der Waals surface area (Å²) in [4.78, 5) is 14.9. The molecule has 0 aromatic heterocycles. The summed E-state index contributed by atoms with van der Waals surface area (Å²) in [6, 6.07) is 22.2. The number of rotatable bonds is 4. The van der Waals surface area contributed by atoms with E-state index in [2.05, 4.69) is 24.3 Å². The van der Waals surface area contributed by atoms with Gasteiger partial charge in [0.15, 0.2) is 0 Å². The fraction of sp³-hybridized carbons (Fsp3) is 0.261. The number of likely N-dealkylation sites (tertiary alicyclic amines) is 1. The van der Waals surface area contributed by atoms with Crippen LogP contribution in [0.3, 0.4) is 0 Å². The van der Waals surface area contributed by atoms with Crippen LogP contribution in [-0.4, -0.2) is 29.0 Å². The monoisotopic (exact) mass is 345 g/mol. The Balaban J connectivity index is 1.42. The lowest BCUT2D eigenvalue weighted by Gasteiger charge is -2.17. The molecule has 1 fully saturated rings. The van der Waals surface area contributed by atoms with Gasteiger partial charge < -0.3 is 10.0 Å². The van der Waals surface area contributed by atoms with Gasteiger partial charge in [0.05, 0.1) is 6.61 Å². The molecule has 1 heterocycles. The summed E-state index contributed by atoms with van der Waals surface area (Å²) >= 11 is 0. The molecule has 0 unspecified atom stereocenters. The number of aliphatic hydroxyl groups is 1. The maximum Gasteiger partial charge on any atom is 0.253 e. The zero-order chi connectivity index (χ0) is 17.9. The molecule has 1 aliphatic heterocycles. The molecule has 1 atom stereocenters. The van der Waals surface area contributed by atoms with Gasteiger partial charge in [0.25, 0.3) is 5.91 Å². The fourth-order valence-electron chi connectivity index (χ4n) is 3.80. The number of nitrogens with zero attached hydrogens (tertiary/aromatic N) is 1. The molecule has 3 nitrogen and oxygen atoms in total. The van der Waals surface area contributed by atoms with Crippen LogP contribution in [0.2, 0.25) is 0 Å². The van der Waals surface area contributed by atoms with E-state index < -0.39 is 0 Å². The number of benzene rings is 3. The summed E-state index contributed by atoms with van der Waals surface area (Å²) in [5, 5.41) is 11.4. The molecule has 3 aromatic carbocycles. The van der Waals surface area contributed by atoms with Gasteiger partial charge in [-0.1, -0.05) is 54.6 Å². The molecule has 1 amide bonds. The number of hydrogen-bond donors (Lipinski definition) is 1. The molecular weight excluding hydrogens is 322 g/mol. The first-order chi connectivity index (χ1) is 12.7. The summed E-state index contributed by atoms with van der Waals surface area (Å²) in [5.41, 5.74) is 2.98. The van der Waals surface area contributed by atoms with Crippen LogP contribution in [0.25, 0.3) is 10.8 Å². The van der Waals surface area contributed by atoms with E-state index in [-0.39, 0.29) is 12.5 Å². The third-order valence-electron chi connectivity index (χ3n) is 5.30. The first-order valence-electron chi connectivity index (χ1n) is 9.20. The average molecular weight is 345 g/mol. The predicted molar refractivity (Wildman–Crippen MR) is 104 cm³/mol. The van der Waals surface area contributed by atoms with Crippen molar-refractivity contribution in [3.05, 3.63) is 83.4 Å². The number of aliphatic hydroxyl groups excluding tert-OH is 1. The molecule has 0 aliphatic carbocycles. The van der Waals surface area contributed by atoms with Crippen molar-refractivity contribution in [3.63, 3.8) is 0 Å². The third-order valence-corrected chi connectivity index (χ3v) is 5.30. The van der Waals surface area contributed by atoms with Gasteiger partial charge in [-0.25, -0.2) is 0 Å². The first-order valence-corrected chi connectivity index (χ1v) is 9.20. The SMILES string of the molecule is O=C(c1ccc2ccccc2c1)N1CC[C@H](Cc2ccc(CO)cc2)C1. The second-order valence-corrected chi connectivity index (χ2v) is 7.15. The van der Waals surface area contributed by atoms with Crippen molar-refractivity contribution in [2.75, 3.05) is 13.1 Å². The minimum Gasteiger partial charge on any atom is -0.392 e. The van der Waals surface area contributed by atoms with Crippen LogP contribution in [0.4, 0.5) is 0 Å². The van der Waals surface area contributed by atoms with E-state index in [9.17, 15) is 4.79 Å². The van der Waals surface area contributed by atoms with Crippen LogP contribution in [0, 0.1) is 5.92 Å². The van der Waals surface area contributed by atoms with Crippen molar-refractivity contribution in [3.8, 4) is 0 Å². The van der Waals surface area contributed by atoms with Crippen LogP contribution >= 0.6 is 0 Å². The van der Waals surface area contributed by atoms with E-state index in [1.165, 1.54) is 5.56 Å². The Morgan fingerprint density at radius 2 is 1.69 bits per heavy atom. The minimum absolute atomic E-state index is 0.0811. The zero-order valence-corrected chi connectivity index (χ0v) is 14.8. The van der Waals surface area contributed by atoms with Crippen molar-refractivity contribution in [1.82, 2.24) is 4.90 Å². The van der Waals surface area contributed by atoms with Gasteiger partial charge in [-0.05, 0) is 52.8 Å². The highest BCUT2D eigenvalue weighted by molar-refractivity contribution is 5.98. The van der Waals surface area contributed by atoms with Gasteiger partial charge in [0, 0.05) is 18.7 Å². The van der Waals surface area contributed by atoms with Crippen LogP contribution < -0.4 is 0 Å². The highest BCUT2D eigenvalue weighted by Crippen LogP contribution is 2.24. The largest absolute Gasteiger partial charge is 0.392 e. The number of hydrogen-bond acceptors (Lipinski definition) is 2. The van der Waals surface area contributed by atoms with Crippen molar-refractivity contribution in [1.29, 1.82) is 0 Å². The van der Waals surface area contributed by atoms with E-state index in [4.69, 9.17) is 5.11 Å². The summed E-state index contributed by atoms with van der Waals surface area (Å²) in [6.07, 6.45) is 2.02. The first kappa shape index (κ1) is 16.8. The number of fused-ring (bicyclic) bond motifs is 1. The average Bonchev–Trinajstić information content (AvgIpc) is 3.16. The van der Waals surface area contributed by atoms with Gasteiger partial charge >= 0.3 is 0 Å². The maximum absolute atomic E-state index is 12.9. The lowest BCUT2D eigenvalue weighted by atomic mass is 9.98. The molecule has 1 N–H and O–H groups in total. The van der Waals surface area contributed by atoms with Crippen LogP contribution in [-0.2, 0) is 13.0 Å². The Hall–Kier alpha value is -2.65. The molecule has 0 spiro atoms. The molecule has 132 valence electrons. The highest BCUT2D eigenvalue weighted by Gasteiger charge is 2.27. The summed E-state index contributed by atoms with van der Waals surface area (Å²) < 4.78 is 0. The molecule has 0 bridgehead atoms. The van der Waals surface area contributed by atoms with Gasteiger partial charge in [0.1, 0.15) is 0 Å². The molecule has 0 radical (unpaired) electrons. The fourth-order valence-corrected chi connectivity index (χ4v) is 3.80. The van der Waals surface area contributed by atoms with Gasteiger partial charge in [0.2, 0.25) is 0 Å². The Kier molecular flexibility index (Phi) is 4.72. The van der Waals surface area contributed by atoms with Crippen molar-refractivity contribution in [2.45, 2.75) is 19.4 Å². The molecular formula is C23H23NO2.